The Morgan fingerprint density at radius 3 is 1.97 bits per heavy atom. The summed E-state index contributed by atoms with van der Waals surface area (Å²) in [5.41, 5.74) is 1.27. The Bertz CT molecular complexity index is 813. The molecule has 2 rings (SSSR count). The minimum Gasteiger partial charge on any atom is -0.619 e. The molecular weight excluding hydrogens is 420 g/mol. The topological polar surface area (TPSA) is 115 Å². The summed E-state index contributed by atoms with van der Waals surface area (Å²) in [6.07, 6.45) is 4.45. The molecule has 180 valence electrons. The van der Waals surface area contributed by atoms with E-state index in [2.05, 4.69) is 4.98 Å². The fourth-order valence-electron chi connectivity index (χ4n) is 2.34. The Kier molecular flexibility index (Phi) is 14.5. The number of nitrogens with one attached hydrogen (secondary N) is 1. The van der Waals surface area contributed by atoms with Gasteiger partial charge in [-0.15, -0.1) is 0 Å². The maximum absolute atomic E-state index is 11.2. The molecule has 0 aliphatic carbocycles. The second kappa shape index (κ2) is 17.0. The molecule has 0 radical (unpaired) electrons. The van der Waals surface area contributed by atoms with Gasteiger partial charge in [0.2, 0.25) is 0 Å². The van der Waals surface area contributed by atoms with Crippen LogP contribution in [0.1, 0.15) is 11.1 Å². The lowest BCUT2D eigenvalue weighted by Crippen LogP contribution is -2.25. The van der Waals surface area contributed by atoms with E-state index in [4.69, 9.17) is 28.4 Å². The monoisotopic (exact) mass is 454 g/mol. The fraction of sp³-hybridized carbons (Fsp3) is 0.545. The van der Waals surface area contributed by atoms with Gasteiger partial charge in [-0.05, 0) is 19.9 Å². The SMILES string of the molecule is COCCOCCOc1cc[n+]([O-])cc1C.COCCOCCOc1cc[nH]c(=O)c1C. The van der Waals surface area contributed by atoms with E-state index in [0.29, 0.717) is 69.9 Å². The molecule has 2 heterocycles. The molecule has 0 bridgehead atoms. The van der Waals surface area contributed by atoms with Gasteiger partial charge in [-0.25, -0.2) is 0 Å². The van der Waals surface area contributed by atoms with Crippen LogP contribution < -0.4 is 19.8 Å². The number of nitrogens with zero attached hydrogens (tertiary/aromatic N) is 1. The zero-order valence-electron chi connectivity index (χ0n) is 19.3. The van der Waals surface area contributed by atoms with Crippen molar-refractivity contribution >= 4 is 0 Å². The van der Waals surface area contributed by atoms with E-state index < -0.39 is 0 Å². The number of H-pyrrole nitrogens is 1. The molecule has 0 aliphatic heterocycles. The van der Waals surface area contributed by atoms with Gasteiger partial charge in [0, 0.05) is 26.5 Å². The number of aromatic nitrogens is 2. The van der Waals surface area contributed by atoms with E-state index >= 15 is 0 Å². The summed E-state index contributed by atoms with van der Waals surface area (Å²) in [6, 6.07) is 3.38. The molecule has 0 spiro atoms. The number of hydrogen-bond acceptors (Lipinski definition) is 8. The lowest BCUT2D eigenvalue weighted by atomic mass is 10.3. The van der Waals surface area contributed by atoms with Crippen LogP contribution in [0.15, 0.2) is 35.5 Å². The fourth-order valence-corrected chi connectivity index (χ4v) is 2.34. The second-order valence-electron chi connectivity index (χ2n) is 6.56. The Morgan fingerprint density at radius 2 is 1.41 bits per heavy atom. The molecule has 10 heteroatoms. The highest BCUT2D eigenvalue weighted by Crippen LogP contribution is 2.13. The summed E-state index contributed by atoms with van der Waals surface area (Å²) in [7, 11) is 3.25. The van der Waals surface area contributed by atoms with Crippen LogP contribution in [0.25, 0.3) is 0 Å². The zero-order chi connectivity index (χ0) is 23.6. The summed E-state index contributed by atoms with van der Waals surface area (Å²) < 4.78 is 31.8. The van der Waals surface area contributed by atoms with Crippen molar-refractivity contribution in [2.45, 2.75) is 13.8 Å². The van der Waals surface area contributed by atoms with Gasteiger partial charge in [-0.2, -0.15) is 4.73 Å². The Labute approximate surface area is 188 Å². The molecule has 1 N–H and O–H groups in total. The van der Waals surface area contributed by atoms with Crippen LogP contribution in [0.5, 0.6) is 11.5 Å². The third kappa shape index (κ3) is 11.7. The normalized spacial score (nSPS) is 10.4. The van der Waals surface area contributed by atoms with Crippen molar-refractivity contribution in [1.29, 1.82) is 0 Å². The number of pyridine rings is 2. The van der Waals surface area contributed by atoms with Crippen molar-refractivity contribution in [3.05, 3.63) is 57.4 Å². The summed E-state index contributed by atoms with van der Waals surface area (Å²) in [5.74, 6) is 1.31. The number of ether oxygens (including phenoxy) is 6. The maximum atomic E-state index is 11.2. The molecule has 0 saturated carbocycles. The van der Waals surface area contributed by atoms with E-state index in [-0.39, 0.29) is 5.56 Å². The minimum absolute atomic E-state index is 0.127. The molecule has 2 aromatic rings. The summed E-state index contributed by atoms with van der Waals surface area (Å²) in [4.78, 5) is 13.8. The van der Waals surface area contributed by atoms with Crippen molar-refractivity contribution in [1.82, 2.24) is 4.98 Å². The van der Waals surface area contributed by atoms with E-state index in [9.17, 15) is 10.0 Å². The molecule has 0 atom stereocenters. The van der Waals surface area contributed by atoms with E-state index in [1.54, 1.807) is 39.5 Å². The first-order chi connectivity index (χ1) is 15.5. The summed E-state index contributed by atoms with van der Waals surface area (Å²) in [5, 5.41) is 10.9. The van der Waals surface area contributed by atoms with E-state index in [0.717, 1.165) is 10.3 Å². The molecule has 0 aliphatic rings. The highest BCUT2D eigenvalue weighted by Gasteiger charge is 2.03. The van der Waals surface area contributed by atoms with Crippen molar-refractivity contribution in [3.63, 3.8) is 0 Å². The van der Waals surface area contributed by atoms with Crippen molar-refractivity contribution < 1.29 is 33.2 Å². The third-order valence-electron chi connectivity index (χ3n) is 4.08. The standard InChI is InChI=1S/2C11H17NO4/c1-10-9-12(13)4-3-11(10)16-8-7-15-6-5-14-2;1-9-10(3-4-12-11(9)13)16-8-7-15-6-5-14-2/h3-4,9H,5-8H2,1-2H3;3-4H,5-8H2,1-2H3,(H,12,13). The lowest BCUT2D eigenvalue weighted by Gasteiger charge is -2.08. The van der Waals surface area contributed by atoms with Crippen molar-refractivity contribution in [2.24, 2.45) is 0 Å². The Hall–Kier alpha value is -2.66. The molecule has 10 nitrogen and oxygen atoms in total. The van der Waals surface area contributed by atoms with Crippen LogP contribution in [0, 0.1) is 19.1 Å². The van der Waals surface area contributed by atoms with Crippen molar-refractivity contribution in [3.8, 4) is 11.5 Å². The summed E-state index contributed by atoms with van der Waals surface area (Å²) in [6.45, 7) is 7.70. The maximum Gasteiger partial charge on any atom is 0.254 e. The number of aryl methyl sites for hydroxylation is 1. The van der Waals surface area contributed by atoms with E-state index in [1.165, 1.54) is 12.4 Å². The Balaban J connectivity index is 0.000000320. The van der Waals surface area contributed by atoms with Crippen LogP contribution in [0.3, 0.4) is 0 Å². The van der Waals surface area contributed by atoms with Gasteiger partial charge in [0.05, 0.1) is 50.8 Å². The first-order valence-corrected chi connectivity index (χ1v) is 10.3. The third-order valence-corrected chi connectivity index (χ3v) is 4.08. The van der Waals surface area contributed by atoms with Gasteiger partial charge < -0.3 is 38.6 Å². The van der Waals surface area contributed by atoms with Gasteiger partial charge in [0.25, 0.3) is 5.56 Å². The smallest absolute Gasteiger partial charge is 0.254 e. The molecule has 0 amide bonds. The largest absolute Gasteiger partial charge is 0.619 e. The Morgan fingerprint density at radius 1 is 0.844 bits per heavy atom. The van der Waals surface area contributed by atoms with Gasteiger partial charge in [-0.3, -0.25) is 4.79 Å². The average Bonchev–Trinajstić information content (AvgIpc) is 2.77. The first kappa shape index (κ1) is 27.4. The second-order valence-corrected chi connectivity index (χ2v) is 6.56. The number of aromatic amines is 1. The predicted octanol–water partition coefficient (Wildman–Crippen LogP) is 1.40. The molecule has 0 saturated heterocycles. The van der Waals surface area contributed by atoms with Crippen LogP contribution in [-0.2, 0) is 18.9 Å². The molecule has 0 fully saturated rings. The molecule has 0 unspecified atom stereocenters. The predicted molar refractivity (Wildman–Crippen MR) is 118 cm³/mol. The minimum atomic E-state index is -0.127. The molecule has 32 heavy (non-hydrogen) atoms. The van der Waals surface area contributed by atoms with Crippen molar-refractivity contribution in [2.75, 3.05) is 67.1 Å². The highest BCUT2D eigenvalue weighted by molar-refractivity contribution is 5.28. The van der Waals surface area contributed by atoms with Crippen LogP contribution >= 0.6 is 0 Å². The molecule has 2 aromatic heterocycles. The van der Waals surface area contributed by atoms with Gasteiger partial charge in [0.1, 0.15) is 24.7 Å². The lowest BCUT2D eigenvalue weighted by molar-refractivity contribution is -0.605. The van der Waals surface area contributed by atoms with E-state index in [1.807, 2.05) is 6.92 Å². The van der Waals surface area contributed by atoms with Crippen LogP contribution in [-0.4, -0.2) is 72.1 Å². The van der Waals surface area contributed by atoms with Gasteiger partial charge >= 0.3 is 0 Å². The van der Waals surface area contributed by atoms with Crippen LogP contribution in [0.2, 0.25) is 0 Å². The highest BCUT2D eigenvalue weighted by atomic mass is 16.5. The van der Waals surface area contributed by atoms with Gasteiger partial charge in [-0.1, -0.05) is 0 Å². The first-order valence-electron chi connectivity index (χ1n) is 10.3. The zero-order valence-corrected chi connectivity index (χ0v) is 19.3. The number of rotatable bonds is 14. The quantitative estimate of drug-likeness (QED) is 0.259. The van der Waals surface area contributed by atoms with Gasteiger partial charge in [0.15, 0.2) is 12.4 Å². The number of methoxy groups -OCH3 is 2. The van der Waals surface area contributed by atoms with Crippen LogP contribution in [0.4, 0.5) is 0 Å². The average molecular weight is 455 g/mol. The number of hydrogen-bond donors (Lipinski definition) is 1. The molecular formula is C22H34N2O8. The molecule has 0 aromatic carbocycles. The summed E-state index contributed by atoms with van der Waals surface area (Å²) >= 11 is 0.